The summed E-state index contributed by atoms with van der Waals surface area (Å²) in [4.78, 5) is 0. The fraction of sp³-hybridized carbons (Fsp3) is 0.529. The Bertz CT molecular complexity index is 1110. The zero-order valence-corrected chi connectivity index (χ0v) is 23.2. The van der Waals surface area contributed by atoms with Gasteiger partial charge in [0.1, 0.15) is 0 Å². The molecule has 0 heterocycles. The third kappa shape index (κ3) is 7.57. The van der Waals surface area contributed by atoms with Crippen LogP contribution in [0.1, 0.15) is 106 Å². The quantitative estimate of drug-likeness (QED) is 0.227. The molecular weight excluding hydrogens is 497 g/mol. The molecule has 0 saturated heterocycles. The Labute approximate surface area is 232 Å². The van der Waals surface area contributed by atoms with E-state index in [1.165, 1.54) is 0 Å². The highest BCUT2D eigenvalue weighted by Gasteiger charge is 2.29. The summed E-state index contributed by atoms with van der Waals surface area (Å²) in [5.74, 6) is -0.689. The number of hydrogen-bond donors (Lipinski definition) is 1. The number of ether oxygens (including phenoxy) is 1. The van der Waals surface area contributed by atoms with E-state index >= 15 is 8.78 Å². The summed E-state index contributed by atoms with van der Waals surface area (Å²) in [6.45, 7) is 6.13. The predicted molar refractivity (Wildman–Crippen MR) is 152 cm³/mol. The highest BCUT2D eigenvalue weighted by molar-refractivity contribution is 5.52. The van der Waals surface area contributed by atoms with Gasteiger partial charge in [-0.3, -0.25) is 0 Å². The third-order valence-corrected chi connectivity index (χ3v) is 8.81. The van der Waals surface area contributed by atoms with E-state index in [1.54, 1.807) is 36.4 Å². The largest absolute Gasteiger partial charge is 0.490 e. The minimum atomic E-state index is -0.767. The molecule has 0 bridgehead atoms. The maximum Gasteiger partial charge on any atom is 0.166 e. The Morgan fingerprint density at radius 2 is 1.67 bits per heavy atom. The molecule has 2 aliphatic carbocycles. The Balaban J connectivity index is 1.30. The van der Waals surface area contributed by atoms with Gasteiger partial charge in [-0.05, 0) is 111 Å². The smallest absolute Gasteiger partial charge is 0.166 e. The van der Waals surface area contributed by atoms with E-state index in [9.17, 15) is 9.50 Å². The molecule has 5 heteroatoms. The van der Waals surface area contributed by atoms with Gasteiger partial charge >= 0.3 is 0 Å². The van der Waals surface area contributed by atoms with Gasteiger partial charge in [-0.25, -0.2) is 13.2 Å². The van der Waals surface area contributed by atoms with Gasteiger partial charge in [0.05, 0.1) is 12.7 Å². The molecular formula is C34H43F3O2. The number of aliphatic hydroxyl groups excluding tert-OH is 1. The average molecular weight is 541 g/mol. The van der Waals surface area contributed by atoms with Crippen molar-refractivity contribution in [1.29, 1.82) is 0 Å². The molecule has 2 nitrogen and oxygen atoms in total. The van der Waals surface area contributed by atoms with Crippen LogP contribution in [0.3, 0.4) is 0 Å². The van der Waals surface area contributed by atoms with E-state index in [2.05, 4.69) is 13.5 Å². The van der Waals surface area contributed by atoms with Crippen LogP contribution in [0.15, 0.2) is 49.1 Å². The Hall–Kier alpha value is -2.53. The van der Waals surface area contributed by atoms with Crippen molar-refractivity contribution in [2.24, 2.45) is 11.8 Å². The highest BCUT2D eigenvalue weighted by atomic mass is 19.2. The minimum Gasteiger partial charge on any atom is -0.490 e. The SMILES string of the molecule is C=CCCOc1ccc(C2CCC(/C=C/c3ccc(C4CCC(C(O)CCC)CC4)c(F)c3F)CC2)cc1F. The summed E-state index contributed by atoms with van der Waals surface area (Å²) in [5.41, 5.74) is 1.75. The molecule has 2 saturated carbocycles. The maximum atomic E-state index is 15.1. The first-order valence-corrected chi connectivity index (χ1v) is 14.8. The number of benzene rings is 2. The summed E-state index contributed by atoms with van der Waals surface area (Å²) in [5, 5.41) is 10.3. The standard InChI is InChI=1S/C34H43F3O2/c1-3-5-21-39-32-20-18-28(22-30(32)35)24-10-7-23(8-11-24)9-12-27-17-19-29(34(37)33(27)36)25-13-15-26(16-14-25)31(38)6-4-2/h3,9,12,17-20,22-26,31,38H,1,4-8,10-11,13-16,21H2,2H3/b12-9+. The molecule has 2 fully saturated rings. The lowest BCUT2D eigenvalue weighted by atomic mass is 9.75. The van der Waals surface area contributed by atoms with E-state index in [1.807, 2.05) is 12.1 Å². The van der Waals surface area contributed by atoms with Crippen molar-refractivity contribution in [1.82, 2.24) is 0 Å². The van der Waals surface area contributed by atoms with E-state index < -0.39 is 11.6 Å². The molecule has 1 unspecified atom stereocenters. The van der Waals surface area contributed by atoms with Crippen LogP contribution in [0.25, 0.3) is 6.08 Å². The summed E-state index contributed by atoms with van der Waals surface area (Å²) in [7, 11) is 0. The van der Waals surface area contributed by atoms with Crippen molar-refractivity contribution < 1.29 is 23.0 Å². The lowest BCUT2D eigenvalue weighted by Gasteiger charge is -2.32. The van der Waals surface area contributed by atoms with Gasteiger partial charge in [-0.15, -0.1) is 6.58 Å². The van der Waals surface area contributed by atoms with Crippen molar-refractivity contribution in [3.8, 4) is 5.75 Å². The molecule has 2 aliphatic rings. The molecule has 1 atom stereocenters. The zero-order valence-electron chi connectivity index (χ0n) is 23.2. The van der Waals surface area contributed by atoms with Gasteiger partial charge in [0.2, 0.25) is 0 Å². The number of hydrogen-bond acceptors (Lipinski definition) is 2. The molecule has 0 radical (unpaired) electrons. The molecule has 0 aromatic heterocycles. The summed E-state index contributed by atoms with van der Waals surface area (Å²) >= 11 is 0. The second kappa shape index (κ2) is 14.2. The number of aliphatic hydroxyl groups is 1. The lowest BCUT2D eigenvalue weighted by Crippen LogP contribution is -2.25. The zero-order chi connectivity index (χ0) is 27.8. The van der Waals surface area contributed by atoms with E-state index in [0.717, 1.165) is 69.8 Å². The molecule has 4 rings (SSSR count). The fourth-order valence-corrected chi connectivity index (χ4v) is 6.39. The first-order chi connectivity index (χ1) is 18.9. The van der Waals surface area contributed by atoms with Crippen molar-refractivity contribution in [2.75, 3.05) is 6.61 Å². The van der Waals surface area contributed by atoms with Crippen molar-refractivity contribution >= 4 is 6.08 Å². The van der Waals surface area contributed by atoms with E-state index in [0.29, 0.717) is 30.1 Å². The lowest BCUT2D eigenvalue weighted by molar-refractivity contribution is 0.0727. The van der Waals surface area contributed by atoms with Gasteiger partial charge in [0, 0.05) is 5.56 Å². The minimum absolute atomic E-state index is 0.00972. The number of allylic oxidation sites excluding steroid dienone is 1. The monoisotopic (exact) mass is 540 g/mol. The highest BCUT2D eigenvalue weighted by Crippen LogP contribution is 2.40. The first kappa shape index (κ1) is 29.5. The Morgan fingerprint density at radius 1 is 0.949 bits per heavy atom. The van der Waals surface area contributed by atoms with Gasteiger partial charge < -0.3 is 9.84 Å². The molecule has 0 amide bonds. The second-order valence-electron chi connectivity index (χ2n) is 11.4. The molecule has 0 spiro atoms. The van der Waals surface area contributed by atoms with Gasteiger partial charge in [0.15, 0.2) is 23.2 Å². The Kier molecular flexibility index (Phi) is 10.7. The van der Waals surface area contributed by atoms with Crippen LogP contribution in [-0.2, 0) is 0 Å². The molecule has 0 aliphatic heterocycles. The normalized spacial score (nSPS) is 24.5. The Morgan fingerprint density at radius 3 is 2.33 bits per heavy atom. The average Bonchev–Trinajstić information content (AvgIpc) is 2.95. The van der Waals surface area contributed by atoms with Crippen LogP contribution in [0.4, 0.5) is 13.2 Å². The summed E-state index contributed by atoms with van der Waals surface area (Å²) < 4.78 is 50.0. The topological polar surface area (TPSA) is 29.5 Å². The van der Waals surface area contributed by atoms with Crippen molar-refractivity contribution in [3.05, 3.63) is 83.2 Å². The van der Waals surface area contributed by atoms with Crippen LogP contribution in [-0.4, -0.2) is 17.8 Å². The van der Waals surface area contributed by atoms with E-state index in [4.69, 9.17) is 4.74 Å². The fourth-order valence-electron chi connectivity index (χ4n) is 6.39. The van der Waals surface area contributed by atoms with Crippen molar-refractivity contribution in [2.45, 2.75) is 95.5 Å². The number of halogens is 3. The van der Waals surface area contributed by atoms with Crippen LogP contribution in [0.5, 0.6) is 5.75 Å². The van der Waals surface area contributed by atoms with Crippen LogP contribution >= 0.6 is 0 Å². The molecule has 1 N–H and O–H groups in total. The number of rotatable bonds is 11. The maximum absolute atomic E-state index is 15.1. The third-order valence-electron chi connectivity index (χ3n) is 8.81. The molecule has 212 valence electrons. The van der Waals surface area contributed by atoms with E-state index in [-0.39, 0.29) is 35.4 Å². The summed E-state index contributed by atoms with van der Waals surface area (Å²) in [6.07, 6.45) is 14.6. The van der Waals surface area contributed by atoms with Crippen LogP contribution < -0.4 is 4.74 Å². The molecule has 2 aromatic rings. The van der Waals surface area contributed by atoms with Gasteiger partial charge in [-0.2, -0.15) is 0 Å². The first-order valence-electron chi connectivity index (χ1n) is 14.8. The summed E-state index contributed by atoms with van der Waals surface area (Å²) in [6, 6.07) is 8.70. The van der Waals surface area contributed by atoms with Crippen LogP contribution in [0.2, 0.25) is 0 Å². The second-order valence-corrected chi connectivity index (χ2v) is 11.4. The van der Waals surface area contributed by atoms with Gasteiger partial charge in [-0.1, -0.05) is 49.8 Å². The predicted octanol–water partition coefficient (Wildman–Crippen LogP) is 9.48. The molecule has 2 aromatic carbocycles. The van der Waals surface area contributed by atoms with Crippen LogP contribution in [0, 0.1) is 29.3 Å². The van der Waals surface area contributed by atoms with Crippen molar-refractivity contribution in [3.63, 3.8) is 0 Å². The van der Waals surface area contributed by atoms with Gasteiger partial charge in [0.25, 0.3) is 0 Å². The molecule has 39 heavy (non-hydrogen) atoms.